The molecule has 0 radical (unpaired) electrons. The van der Waals surface area contributed by atoms with Crippen molar-refractivity contribution in [3.05, 3.63) is 0 Å². The van der Waals surface area contributed by atoms with Crippen molar-refractivity contribution in [2.75, 3.05) is 12.3 Å². The van der Waals surface area contributed by atoms with Gasteiger partial charge in [0.05, 0.1) is 11.0 Å². The second-order valence-electron chi connectivity index (χ2n) is 6.75. The van der Waals surface area contributed by atoms with Crippen molar-refractivity contribution in [2.45, 2.75) is 64.2 Å². The molecule has 0 aliphatic heterocycles. The number of hydrogen-bond donors (Lipinski definition) is 1. The van der Waals surface area contributed by atoms with Gasteiger partial charge < -0.3 is 5.32 Å². The fourth-order valence-electron chi connectivity index (χ4n) is 2.49. The molecule has 4 heteroatoms. The predicted octanol–water partition coefficient (Wildman–Crippen LogP) is 2.37. The molecule has 0 aromatic carbocycles. The van der Waals surface area contributed by atoms with Crippen molar-refractivity contribution in [3.63, 3.8) is 0 Å². The number of hydrogen-bond acceptors (Lipinski definition) is 3. The Morgan fingerprint density at radius 3 is 2.28 bits per heavy atom. The summed E-state index contributed by atoms with van der Waals surface area (Å²) in [5.74, 6) is 1.09. The van der Waals surface area contributed by atoms with Gasteiger partial charge in [-0.15, -0.1) is 0 Å². The van der Waals surface area contributed by atoms with Gasteiger partial charge in [-0.25, -0.2) is 8.42 Å². The monoisotopic (exact) mass is 273 g/mol. The van der Waals surface area contributed by atoms with Gasteiger partial charge >= 0.3 is 0 Å². The molecule has 2 saturated carbocycles. The summed E-state index contributed by atoms with van der Waals surface area (Å²) in [7, 11) is -2.89. The quantitative estimate of drug-likeness (QED) is 0.738. The topological polar surface area (TPSA) is 46.2 Å². The van der Waals surface area contributed by atoms with Crippen LogP contribution < -0.4 is 5.32 Å². The Morgan fingerprint density at radius 1 is 1.22 bits per heavy atom. The van der Waals surface area contributed by atoms with Gasteiger partial charge in [-0.2, -0.15) is 0 Å². The average Bonchev–Trinajstić information content (AvgIpc) is 3.17. The summed E-state index contributed by atoms with van der Waals surface area (Å²) >= 11 is 0. The molecule has 1 unspecified atom stereocenters. The molecular formula is C14H27NO2S. The number of sulfone groups is 1. The standard InChI is InChI=1S/C14H27NO2S/c1-11(2)18(16,17)9-8-14(3,12-4-5-12)10-15-13-6-7-13/h11-13,15H,4-10H2,1-3H3. The van der Waals surface area contributed by atoms with Crippen LogP contribution in [0.4, 0.5) is 0 Å². The Hall–Kier alpha value is -0.0900. The van der Waals surface area contributed by atoms with Gasteiger partial charge in [0.2, 0.25) is 0 Å². The highest BCUT2D eigenvalue weighted by Crippen LogP contribution is 2.47. The predicted molar refractivity (Wildman–Crippen MR) is 75.4 cm³/mol. The maximum Gasteiger partial charge on any atom is 0.152 e. The molecule has 18 heavy (non-hydrogen) atoms. The third-order valence-corrected chi connectivity index (χ3v) is 6.82. The SMILES string of the molecule is CC(C)S(=O)(=O)CCC(C)(CNC1CC1)C1CC1. The Labute approximate surface area is 112 Å². The molecule has 2 aliphatic carbocycles. The van der Waals surface area contributed by atoms with E-state index in [0.29, 0.717) is 11.8 Å². The van der Waals surface area contributed by atoms with Crippen molar-refractivity contribution in [3.8, 4) is 0 Å². The summed E-state index contributed by atoms with van der Waals surface area (Å²) in [6.45, 7) is 6.84. The maximum atomic E-state index is 12.0. The third kappa shape index (κ3) is 3.70. The second-order valence-corrected chi connectivity index (χ2v) is 9.43. The molecule has 3 nitrogen and oxygen atoms in total. The fraction of sp³-hybridized carbons (Fsp3) is 1.00. The Bertz CT molecular complexity index is 383. The zero-order chi connectivity index (χ0) is 13.4. The Kier molecular flexibility index (Phi) is 4.07. The highest BCUT2D eigenvalue weighted by atomic mass is 32.2. The van der Waals surface area contributed by atoms with E-state index in [-0.39, 0.29) is 10.7 Å². The lowest BCUT2D eigenvalue weighted by atomic mass is 9.82. The molecule has 0 aromatic rings. The van der Waals surface area contributed by atoms with Crippen LogP contribution in [0, 0.1) is 11.3 Å². The van der Waals surface area contributed by atoms with Crippen LogP contribution in [0.1, 0.15) is 52.9 Å². The lowest BCUT2D eigenvalue weighted by Crippen LogP contribution is -2.37. The molecule has 1 N–H and O–H groups in total. The first kappa shape index (κ1) is 14.3. The van der Waals surface area contributed by atoms with Gasteiger partial charge in [0.25, 0.3) is 0 Å². The number of rotatable bonds is 8. The largest absolute Gasteiger partial charge is 0.313 e. The zero-order valence-electron chi connectivity index (χ0n) is 11.9. The van der Waals surface area contributed by atoms with Crippen molar-refractivity contribution < 1.29 is 8.42 Å². The van der Waals surface area contributed by atoms with Gasteiger partial charge in [0, 0.05) is 12.6 Å². The van der Waals surface area contributed by atoms with Crippen molar-refractivity contribution in [1.82, 2.24) is 5.32 Å². The Morgan fingerprint density at radius 2 is 1.83 bits per heavy atom. The van der Waals surface area contributed by atoms with Gasteiger partial charge in [-0.05, 0) is 57.3 Å². The third-order valence-electron chi connectivity index (χ3n) is 4.61. The normalized spacial score (nSPS) is 24.2. The number of nitrogens with one attached hydrogen (secondary N) is 1. The molecule has 106 valence electrons. The maximum absolute atomic E-state index is 12.0. The van der Waals surface area contributed by atoms with Crippen LogP contribution in [0.2, 0.25) is 0 Å². The van der Waals surface area contributed by atoms with Crippen LogP contribution in [-0.4, -0.2) is 32.0 Å². The minimum absolute atomic E-state index is 0.185. The van der Waals surface area contributed by atoms with E-state index in [1.54, 1.807) is 13.8 Å². The molecule has 0 saturated heterocycles. The highest BCUT2D eigenvalue weighted by molar-refractivity contribution is 7.91. The summed E-state index contributed by atoms with van der Waals surface area (Å²) in [5, 5.41) is 3.35. The van der Waals surface area contributed by atoms with E-state index in [4.69, 9.17) is 0 Å². The van der Waals surface area contributed by atoms with Crippen LogP contribution in [-0.2, 0) is 9.84 Å². The van der Waals surface area contributed by atoms with Gasteiger partial charge in [-0.1, -0.05) is 6.92 Å². The average molecular weight is 273 g/mol. The minimum atomic E-state index is -2.89. The summed E-state index contributed by atoms with van der Waals surface area (Å²) < 4.78 is 23.9. The zero-order valence-corrected chi connectivity index (χ0v) is 12.7. The lowest BCUT2D eigenvalue weighted by molar-refractivity contribution is 0.247. The molecule has 0 spiro atoms. The molecule has 0 aromatic heterocycles. The molecule has 0 heterocycles. The van der Waals surface area contributed by atoms with Crippen LogP contribution in [0.15, 0.2) is 0 Å². The molecular weight excluding hydrogens is 246 g/mol. The second kappa shape index (κ2) is 5.12. The summed E-state index contributed by atoms with van der Waals surface area (Å²) in [4.78, 5) is 0. The van der Waals surface area contributed by atoms with E-state index >= 15 is 0 Å². The van der Waals surface area contributed by atoms with Crippen molar-refractivity contribution in [1.29, 1.82) is 0 Å². The van der Waals surface area contributed by atoms with E-state index < -0.39 is 9.84 Å². The van der Waals surface area contributed by atoms with Crippen LogP contribution in [0.25, 0.3) is 0 Å². The van der Waals surface area contributed by atoms with Crippen LogP contribution >= 0.6 is 0 Å². The van der Waals surface area contributed by atoms with Crippen LogP contribution in [0.5, 0.6) is 0 Å². The Balaban J connectivity index is 1.88. The van der Waals surface area contributed by atoms with E-state index in [2.05, 4.69) is 12.2 Å². The molecule has 2 fully saturated rings. The van der Waals surface area contributed by atoms with Gasteiger partial charge in [0.15, 0.2) is 9.84 Å². The molecule has 1 atom stereocenters. The molecule has 2 aliphatic rings. The lowest BCUT2D eigenvalue weighted by Gasteiger charge is -2.30. The minimum Gasteiger partial charge on any atom is -0.313 e. The van der Waals surface area contributed by atoms with Crippen LogP contribution in [0.3, 0.4) is 0 Å². The summed E-state index contributed by atoms with van der Waals surface area (Å²) in [5.41, 5.74) is 0.185. The molecule has 0 bridgehead atoms. The van der Waals surface area contributed by atoms with Gasteiger partial charge in [0.1, 0.15) is 0 Å². The van der Waals surface area contributed by atoms with E-state index in [1.165, 1.54) is 25.7 Å². The van der Waals surface area contributed by atoms with Crippen molar-refractivity contribution >= 4 is 9.84 Å². The highest BCUT2D eigenvalue weighted by Gasteiger charge is 2.42. The first-order valence-electron chi connectivity index (χ1n) is 7.28. The van der Waals surface area contributed by atoms with E-state index in [9.17, 15) is 8.42 Å². The molecule has 2 rings (SSSR count). The molecule has 0 amide bonds. The summed E-state index contributed by atoms with van der Waals surface area (Å²) in [6, 6.07) is 0.713. The first-order chi connectivity index (χ1) is 8.33. The summed E-state index contributed by atoms with van der Waals surface area (Å²) in [6.07, 6.45) is 5.98. The fourth-order valence-corrected chi connectivity index (χ4v) is 3.72. The van der Waals surface area contributed by atoms with E-state index in [1.807, 2.05) is 0 Å². The smallest absolute Gasteiger partial charge is 0.152 e. The first-order valence-corrected chi connectivity index (χ1v) is 9.00. The van der Waals surface area contributed by atoms with Crippen molar-refractivity contribution in [2.24, 2.45) is 11.3 Å². The van der Waals surface area contributed by atoms with Gasteiger partial charge in [-0.3, -0.25) is 0 Å². The van der Waals surface area contributed by atoms with E-state index in [0.717, 1.165) is 18.9 Å².